The van der Waals surface area contributed by atoms with E-state index in [2.05, 4.69) is 19.2 Å². The summed E-state index contributed by atoms with van der Waals surface area (Å²) in [5, 5.41) is 3.04. The third kappa shape index (κ3) is 7.37. The molecule has 15 heavy (non-hydrogen) atoms. The van der Waals surface area contributed by atoms with E-state index < -0.39 is 0 Å². The highest BCUT2D eigenvalue weighted by Crippen LogP contribution is 2.06. The molecule has 1 amide bonds. The molecule has 0 saturated carbocycles. The van der Waals surface area contributed by atoms with Gasteiger partial charge in [-0.25, -0.2) is 0 Å². The Balaban J connectivity index is 3.70. The van der Waals surface area contributed by atoms with Crippen molar-refractivity contribution in [3.63, 3.8) is 0 Å². The Bertz CT molecular complexity index is 171. The van der Waals surface area contributed by atoms with Crippen LogP contribution in [-0.2, 0) is 4.79 Å². The summed E-state index contributed by atoms with van der Waals surface area (Å²) in [6, 6.07) is 0.303. The SMILES string of the molecule is CCCCC(C)NC(=O)C(C)CCCN. The molecule has 0 aliphatic carbocycles. The number of rotatable bonds is 8. The molecular formula is C12H26N2O. The second-order valence-electron chi connectivity index (χ2n) is 4.38. The van der Waals surface area contributed by atoms with Gasteiger partial charge in [0.05, 0.1) is 0 Å². The van der Waals surface area contributed by atoms with E-state index in [4.69, 9.17) is 5.73 Å². The Morgan fingerprint density at radius 3 is 2.47 bits per heavy atom. The molecule has 0 bridgehead atoms. The number of nitrogens with one attached hydrogen (secondary N) is 1. The lowest BCUT2D eigenvalue weighted by atomic mass is 10.0. The highest BCUT2D eigenvalue weighted by molar-refractivity contribution is 5.78. The number of carbonyl (C=O) groups is 1. The Morgan fingerprint density at radius 1 is 1.27 bits per heavy atom. The first-order valence-electron chi connectivity index (χ1n) is 6.12. The van der Waals surface area contributed by atoms with Gasteiger partial charge >= 0.3 is 0 Å². The first kappa shape index (κ1) is 14.4. The van der Waals surface area contributed by atoms with Crippen molar-refractivity contribution < 1.29 is 4.79 Å². The van der Waals surface area contributed by atoms with Crippen LogP contribution in [-0.4, -0.2) is 18.5 Å². The minimum absolute atomic E-state index is 0.0950. The molecule has 2 unspecified atom stereocenters. The van der Waals surface area contributed by atoms with Crippen LogP contribution in [0.5, 0.6) is 0 Å². The van der Waals surface area contributed by atoms with Gasteiger partial charge < -0.3 is 11.1 Å². The summed E-state index contributed by atoms with van der Waals surface area (Å²) >= 11 is 0. The maximum Gasteiger partial charge on any atom is 0.223 e. The van der Waals surface area contributed by atoms with E-state index in [1.165, 1.54) is 12.8 Å². The lowest BCUT2D eigenvalue weighted by Gasteiger charge is -2.17. The van der Waals surface area contributed by atoms with Crippen molar-refractivity contribution in [2.24, 2.45) is 11.7 Å². The third-order valence-corrected chi connectivity index (χ3v) is 2.67. The van der Waals surface area contributed by atoms with E-state index in [9.17, 15) is 4.79 Å². The van der Waals surface area contributed by atoms with Gasteiger partial charge in [0.2, 0.25) is 5.91 Å². The summed E-state index contributed by atoms with van der Waals surface area (Å²) < 4.78 is 0. The van der Waals surface area contributed by atoms with Crippen molar-refractivity contribution in [3.05, 3.63) is 0 Å². The van der Waals surface area contributed by atoms with E-state index in [0.717, 1.165) is 19.3 Å². The fraction of sp³-hybridized carbons (Fsp3) is 0.917. The van der Waals surface area contributed by atoms with E-state index in [-0.39, 0.29) is 11.8 Å². The minimum Gasteiger partial charge on any atom is -0.353 e. The molecule has 0 aromatic rings. The Kier molecular flexibility index (Phi) is 8.38. The molecule has 2 atom stereocenters. The average molecular weight is 214 g/mol. The molecule has 0 rings (SSSR count). The number of amides is 1. The highest BCUT2D eigenvalue weighted by Gasteiger charge is 2.13. The number of hydrogen-bond donors (Lipinski definition) is 2. The molecule has 0 radical (unpaired) electrons. The molecule has 3 N–H and O–H groups in total. The largest absolute Gasteiger partial charge is 0.353 e. The summed E-state index contributed by atoms with van der Waals surface area (Å²) in [7, 11) is 0. The summed E-state index contributed by atoms with van der Waals surface area (Å²) in [6.07, 6.45) is 5.26. The van der Waals surface area contributed by atoms with Gasteiger partial charge in [-0.05, 0) is 32.7 Å². The van der Waals surface area contributed by atoms with Crippen LogP contribution < -0.4 is 11.1 Å². The molecule has 0 heterocycles. The predicted molar refractivity (Wildman–Crippen MR) is 64.6 cm³/mol. The fourth-order valence-electron chi connectivity index (χ4n) is 1.52. The lowest BCUT2D eigenvalue weighted by Crippen LogP contribution is -2.36. The smallest absolute Gasteiger partial charge is 0.223 e. The van der Waals surface area contributed by atoms with Crippen LogP contribution in [0, 0.1) is 5.92 Å². The van der Waals surface area contributed by atoms with Crippen LogP contribution in [0.1, 0.15) is 52.9 Å². The van der Waals surface area contributed by atoms with Gasteiger partial charge in [0.25, 0.3) is 0 Å². The number of carbonyl (C=O) groups excluding carboxylic acids is 1. The van der Waals surface area contributed by atoms with Gasteiger partial charge in [-0.1, -0.05) is 26.7 Å². The Hall–Kier alpha value is -0.570. The number of unbranched alkanes of at least 4 members (excludes halogenated alkanes) is 1. The maximum absolute atomic E-state index is 11.7. The predicted octanol–water partition coefficient (Wildman–Crippen LogP) is 2.06. The number of nitrogens with two attached hydrogens (primary N) is 1. The topological polar surface area (TPSA) is 55.1 Å². The van der Waals surface area contributed by atoms with Crippen LogP contribution in [0.2, 0.25) is 0 Å². The van der Waals surface area contributed by atoms with Crippen molar-refractivity contribution in [3.8, 4) is 0 Å². The van der Waals surface area contributed by atoms with Gasteiger partial charge in [-0.2, -0.15) is 0 Å². The summed E-state index contributed by atoms with van der Waals surface area (Å²) in [4.78, 5) is 11.7. The molecule has 0 saturated heterocycles. The zero-order chi connectivity index (χ0) is 11.7. The van der Waals surface area contributed by atoms with E-state index >= 15 is 0 Å². The minimum atomic E-state index is 0.0950. The molecular weight excluding hydrogens is 188 g/mol. The standard InChI is InChI=1S/C12H26N2O/c1-4-5-8-11(3)14-12(15)10(2)7-6-9-13/h10-11H,4-9,13H2,1-3H3,(H,14,15). The second-order valence-corrected chi connectivity index (χ2v) is 4.38. The second kappa shape index (κ2) is 8.72. The molecule has 3 heteroatoms. The number of hydrogen-bond acceptors (Lipinski definition) is 2. The summed E-state index contributed by atoms with van der Waals surface area (Å²) in [6.45, 7) is 6.88. The molecule has 0 aliphatic rings. The Morgan fingerprint density at radius 2 is 1.93 bits per heavy atom. The fourth-order valence-corrected chi connectivity index (χ4v) is 1.52. The zero-order valence-electron chi connectivity index (χ0n) is 10.4. The molecule has 3 nitrogen and oxygen atoms in total. The zero-order valence-corrected chi connectivity index (χ0v) is 10.4. The van der Waals surface area contributed by atoms with Gasteiger partial charge in [-0.3, -0.25) is 4.79 Å². The van der Waals surface area contributed by atoms with Crippen molar-refractivity contribution in [1.29, 1.82) is 0 Å². The van der Waals surface area contributed by atoms with Crippen molar-refractivity contribution >= 4 is 5.91 Å². The van der Waals surface area contributed by atoms with E-state index in [1.807, 2.05) is 6.92 Å². The molecule has 0 aromatic carbocycles. The first-order valence-corrected chi connectivity index (χ1v) is 6.12. The lowest BCUT2D eigenvalue weighted by molar-refractivity contribution is -0.125. The van der Waals surface area contributed by atoms with Gasteiger partial charge in [0.15, 0.2) is 0 Å². The first-order chi connectivity index (χ1) is 7.11. The van der Waals surface area contributed by atoms with Crippen molar-refractivity contribution in [1.82, 2.24) is 5.32 Å². The normalized spacial score (nSPS) is 14.7. The van der Waals surface area contributed by atoms with Crippen LogP contribution in [0.25, 0.3) is 0 Å². The van der Waals surface area contributed by atoms with Crippen molar-refractivity contribution in [2.45, 2.75) is 58.9 Å². The molecule has 0 spiro atoms. The monoisotopic (exact) mass is 214 g/mol. The molecule has 0 aromatic heterocycles. The van der Waals surface area contributed by atoms with E-state index in [0.29, 0.717) is 12.6 Å². The summed E-state index contributed by atoms with van der Waals surface area (Å²) in [5.74, 6) is 0.268. The van der Waals surface area contributed by atoms with Gasteiger partial charge in [-0.15, -0.1) is 0 Å². The van der Waals surface area contributed by atoms with Crippen LogP contribution in [0.15, 0.2) is 0 Å². The Labute approximate surface area is 93.8 Å². The summed E-state index contributed by atoms with van der Waals surface area (Å²) in [5.41, 5.74) is 5.41. The van der Waals surface area contributed by atoms with Gasteiger partial charge in [0.1, 0.15) is 0 Å². The van der Waals surface area contributed by atoms with Crippen LogP contribution >= 0.6 is 0 Å². The third-order valence-electron chi connectivity index (χ3n) is 2.67. The molecule has 0 aliphatic heterocycles. The van der Waals surface area contributed by atoms with Crippen LogP contribution in [0.4, 0.5) is 0 Å². The average Bonchev–Trinajstić information content (AvgIpc) is 2.22. The molecule has 0 fully saturated rings. The van der Waals surface area contributed by atoms with Gasteiger partial charge in [0, 0.05) is 12.0 Å². The maximum atomic E-state index is 11.7. The quantitative estimate of drug-likeness (QED) is 0.650. The van der Waals surface area contributed by atoms with Crippen molar-refractivity contribution in [2.75, 3.05) is 6.54 Å². The highest BCUT2D eigenvalue weighted by atomic mass is 16.1. The van der Waals surface area contributed by atoms with Crippen LogP contribution in [0.3, 0.4) is 0 Å². The molecule has 90 valence electrons. The van der Waals surface area contributed by atoms with E-state index in [1.54, 1.807) is 0 Å².